The van der Waals surface area contributed by atoms with Crippen LogP contribution in [-0.2, 0) is 9.53 Å². The summed E-state index contributed by atoms with van der Waals surface area (Å²) in [6, 6.07) is 17.2. The highest BCUT2D eigenvalue weighted by atomic mass is 16.6. The molecule has 2 aromatic carbocycles. The Labute approximate surface area is 198 Å². The van der Waals surface area contributed by atoms with Crippen molar-refractivity contribution in [1.29, 1.82) is 0 Å². The van der Waals surface area contributed by atoms with Gasteiger partial charge in [-0.2, -0.15) is 0 Å². The van der Waals surface area contributed by atoms with Gasteiger partial charge in [0.25, 0.3) is 0 Å². The number of nitrogens with zero attached hydrogens (tertiary/aromatic N) is 2. The van der Waals surface area contributed by atoms with E-state index in [2.05, 4.69) is 62.1 Å². The summed E-state index contributed by atoms with van der Waals surface area (Å²) in [6.45, 7) is 9.37. The average molecular weight is 445 g/mol. The topological polar surface area (TPSA) is 41.9 Å². The maximum Gasteiger partial charge on any atom is 0.340 e. The summed E-state index contributed by atoms with van der Waals surface area (Å²) in [5, 5.41) is 0. The molecule has 2 fully saturated rings. The Bertz CT molecular complexity index is 1020. The summed E-state index contributed by atoms with van der Waals surface area (Å²) >= 11 is 0. The Morgan fingerprint density at radius 3 is 1.97 bits per heavy atom. The second-order valence-corrected chi connectivity index (χ2v) is 11.2. The average Bonchev–Trinajstić information content (AvgIpc) is 3.14. The fourth-order valence-corrected chi connectivity index (χ4v) is 5.70. The van der Waals surface area contributed by atoms with Crippen LogP contribution in [0, 0.1) is 11.3 Å². The molecule has 4 heteroatoms. The summed E-state index contributed by atoms with van der Waals surface area (Å²) in [6.07, 6.45) is 7.44. The van der Waals surface area contributed by atoms with E-state index in [1.54, 1.807) is 0 Å². The highest BCUT2D eigenvalue weighted by molar-refractivity contribution is 6.08. The van der Waals surface area contributed by atoms with E-state index in [0.29, 0.717) is 11.3 Å². The normalized spacial score (nSPS) is 21.2. The highest BCUT2D eigenvalue weighted by Crippen LogP contribution is 2.38. The number of anilines is 1. The zero-order chi connectivity index (χ0) is 23.1. The number of hydrogen-bond donors (Lipinski definition) is 0. The summed E-state index contributed by atoms with van der Waals surface area (Å²) in [5.41, 5.74) is 4.34. The molecule has 0 unspecified atom stereocenters. The maximum absolute atomic E-state index is 12.5. The van der Waals surface area contributed by atoms with E-state index >= 15 is 0 Å². The van der Waals surface area contributed by atoms with Crippen molar-refractivity contribution in [2.45, 2.75) is 71.3 Å². The molecule has 0 aromatic heterocycles. The molecule has 0 N–H and O–H groups in total. The minimum Gasteiger partial charge on any atom is -0.405 e. The Morgan fingerprint density at radius 1 is 0.848 bits per heavy atom. The van der Waals surface area contributed by atoms with Gasteiger partial charge in [0, 0.05) is 24.3 Å². The molecule has 3 aliphatic rings. The van der Waals surface area contributed by atoms with Crippen molar-refractivity contribution in [3.05, 3.63) is 54.1 Å². The van der Waals surface area contributed by atoms with Crippen LogP contribution in [0.15, 0.2) is 53.5 Å². The summed E-state index contributed by atoms with van der Waals surface area (Å²) in [5.74, 6) is 1.13. The van der Waals surface area contributed by atoms with Crippen LogP contribution in [0.4, 0.5) is 5.69 Å². The molecule has 33 heavy (non-hydrogen) atoms. The van der Waals surface area contributed by atoms with Gasteiger partial charge in [-0.1, -0.05) is 64.3 Å². The quantitative estimate of drug-likeness (QED) is 0.500. The number of carbonyl (C=O) groups is 1. The number of hydrogen-bond acceptors (Lipinski definition) is 4. The van der Waals surface area contributed by atoms with Crippen molar-refractivity contribution < 1.29 is 9.53 Å². The van der Waals surface area contributed by atoms with E-state index in [1.165, 1.54) is 30.5 Å². The third-order valence-corrected chi connectivity index (χ3v) is 7.98. The molecule has 1 saturated carbocycles. The van der Waals surface area contributed by atoms with E-state index in [1.807, 2.05) is 12.1 Å². The van der Waals surface area contributed by atoms with E-state index < -0.39 is 5.54 Å². The van der Waals surface area contributed by atoms with Gasteiger partial charge in [0.1, 0.15) is 0 Å². The molecular weight excluding hydrogens is 408 g/mol. The van der Waals surface area contributed by atoms with Gasteiger partial charge >= 0.3 is 5.97 Å². The zero-order valence-corrected chi connectivity index (χ0v) is 20.3. The minimum atomic E-state index is -0.622. The number of aliphatic imine (C=N–C) groups is 1. The van der Waals surface area contributed by atoms with Crippen molar-refractivity contribution in [2.24, 2.45) is 16.3 Å². The fraction of sp³-hybridized carbons (Fsp3) is 0.517. The van der Waals surface area contributed by atoms with Crippen LogP contribution in [-0.4, -0.2) is 30.5 Å². The van der Waals surface area contributed by atoms with E-state index in [0.717, 1.165) is 55.8 Å². The molecule has 1 aliphatic carbocycles. The van der Waals surface area contributed by atoms with Crippen molar-refractivity contribution in [3.63, 3.8) is 0 Å². The molecule has 0 atom stereocenters. The van der Waals surface area contributed by atoms with Crippen LogP contribution >= 0.6 is 0 Å². The molecule has 2 heterocycles. The fourth-order valence-electron chi connectivity index (χ4n) is 5.70. The van der Waals surface area contributed by atoms with Gasteiger partial charge in [-0.3, -0.25) is 0 Å². The Balaban J connectivity index is 1.26. The zero-order valence-electron chi connectivity index (χ0n) is 20.3. The predicted molar refractivity (Wildman–Crippen MR) is 135 cm³/mol. The van der Waals surface area contributed by atoms with E-state index in [-0.39, 0.29) is 5.97 Å². The Kier molecular flexibility index (Phi) is 5.80. The first kappa shape index (κ1) is 22.2. The molecular formula is C29H36N2O2. The minimum absolute atomic E-state index is 0.164. The van der Waals surface area contributed by atoms with Crippen LogP contribution < -0.4 is 4.90 Å². The molecule has 1 spiro atoms. The monoisotopic (exact) mass is 444 g/mol. The van der Waals surface area contributed by atoms with Crippen LogP contribution in [0.5, 0.6) is 0 Å². The molecule has 0 bridgehead atoms. The SMILES string of the molecule is CC(C)(C)C1CCN(c2ccc(-c3ccc(C4=NC5(CCCCC5)C(=O)O4)cc3)cc2)CC1. The van der Waals surface area contributed by atoms with Crippen molar-refractivity contribution >= 4 is 17.6 Å². The van der Waals surface area contributed by atoms with Gasteiger partial charge in [-0.15, -0.1) is 0 Å². The summed E-state index contributed by atoms with van der Waals surface area (Å²) < 4.78 is 5.60. The summed E-state index contributed by atoms with van der Waals surface area (Å²) in [7, 11) is 0. The molecule has 4 nitrogen and oxygen atoms in total. The van der Waals surface area contributed by atoms with Gasteiger partial charge < -0.3 is 9.64 Å². The molecule has 1 saturated heterocycles. The predicted octanol–water partition coefficient (Wildman–Crippen LogP) is 6.62. The molecule has 5 rings (SSSR count). The number of cyclic esters (lactones) is 1. The lowest BCUT2D eigenvalue weighted by Gasteiger charge is -2.39. The van der Waals surface area contributed by atoms with Crippen molar-refractivity contribution in [2.75, 3.05) is 18.0 Å². The third kappa shape index (κ3) is 4.45. The second-order valence-electron chi connectivity index (χ2n) is 11.2. The largest absolute Gasteiger partial charge is 0.405 e. The lowest BCUT2D eigenvalue weighted by atomic mass is 9.75. The number of ether oxygens (including phenoxy) is 1. The standard InChI is InChI=1S/C29H36N2O2/c1-28(2,3)24-15-19-31(20-16-24)25-13-11-22(12-14-25)21-7-9-23(10-8-21)26-30-29(27(32)33-26)17-5-4-6-18-29/h7-14,24H,4-6,15-20H2,1-3H3. The molecule has 0 amide bonds. The van der Waals surface area contributed by atoms with Gasteiger partial charge in [-0.05, 0) is 72.4 Å². The number of esters is 1. The first-order chi connectivity index (χ1) is 15.8. The molecule has 2 aliphatic heterocycles. The Morgan fingerprint density at radius 2 is 1.39 bits per heavy atom. The van der Waals surface area contributed by atoms with Crippen molar-refractivity contribution in [1.82, 2.24) is 0 Å². The second kappa shape index (κ2) is 8.62. The van der Waals surface area contributed by atoms with Crippen LogP contribution in [0.1, 0.15) is 71.3 Å². The lowest BCUT2D eigenvalue weighted by molar-refractivity contribution is -0.140. The number of piperidine rings is 1. The van der Waals surface area contributed by atoms with E-state index in [9.17, 15) is 4.79 Å². The van der Waals surface area contributed by atoms with Gasteiger partial charge in [0.2, 0.25) is 5.90 Å². The molecule has 2 aromatic rings. The van der Waals surface area contributed by atoms with Crippen molar-refractivity contribution in [3.8, 4) is 11.1 Å². The van der Waals surface area contributed by atoms with Gasteiger partial charge in [0.05, 0.1) is 0 Å². The highest BCUT2D eigenvalue weighted by Gasteiger charge is 2.46. The first-order valence-corrected chi connectivity index (χ1v) is 12.6. The third-order valence-electron chi connectivity index (χ3n) is 7.98. The molecule has 0 radical (unpaired) electrons. The summed E-state index contributed by atoms with van der Waals surface area (Å²) in [4.78, 5) is 19.8. The number of benzene rings is 2. The smallest absolute Gasteiger partial charge is 0.340 e. The first-order valence-electron chi connectivity index (χ1n) is 12.6. The van der Waals surface area contributed by atoms with Crippen LogP contribution in [0.2, 0.25) is 0 Å². The van der Waals surface area contributed by atoms with Crippen LogP contribution in [0.3, 0.4) is 0 Å². The van der Waals surface area contributed by atoms with Gasteiger partial charge in [0.15, 0.2) is 5.54 Å². The van der Waals surface area contributed by atoms with Crippen LogP contribution in [0.25, 0.3) is 11.1 Å². The van der Waals surface area contributed by atoms with E-state index in [4.69, 9.17) is 9.73 Å². The maximum atomic E-state index is 12.5. The lowest BCUT2D eigenvalue weighted by Crippen LogP contribution is -2.37. The Hall–Kier alpha value is -2.62. The molecule has 174 valence electrons. The van der Waals surface area contributed by atoms with Gasteiger partial charge in [-0.25, -0.2) is 9.79 Å². The number of carbonyl (C=O) groups excluding carboxylic acids is 1. The number of rotatable bonds is 3.